The maximum atomic E-state index is 11.9. The first-order valence-corrected chi connectivity index (χ1v) is 6.56. The first kappa shape index (κ1) is 13.5. The van der Waals surface area contributed by atoms with E-state index in [2.05, 4.69) is 19.2 Å². The molecule has 0 aliphatic heterocycles. The van der Waals surface area contributed by atoms with Crippen molar-refractivity contribution in [2.24, 2.45) is 23.0 Å². The predicted molar refractivity (Wildman–Crippen MR) is 67.0 cm³/mol. The number of hydrogen-bond donors (Lipinski definition) is 2. The van der Waals surface area contributed by atoms with Gasteiger partial charge in [0.05, 0.1) is 0 Å². The number of nitrogens with one attached hydrogen (secondary N) is 1. The van der Waals surface area contributed by atoms with E-state index in [9.17, 15) is 4.79 Å². The van der Waals surface area contributed by atoms with Crippen molar-refractivity contribution in [3.05, 3.63) is 0 Å². The molecule has 0 aromatic rings. The SMILES string of the molecule is CCC(CC)(CN)CNC(=O)C(C)C1CC1. The lowest BCUT2D eigenvalue weighted by Gasteiger charge is -2.30. The monoisotopic (exact) mass is 226 g/mol. The van der Waals surface area contributed by atoms with E-state index in [-0.39, 0.29) is 17.2 Å². The molecule has 1 aliphatic carbocycles. The molecule has 16 heavy (non-hydrogen) atoms. The van der Waals surface area contributed by atoms with Gasteiger partial charge in [0.15, 0.2) is 0 Å². The molecule has 1 aliphatic rings. The van der Waals surface area contributed by atoms with Crippen LogP contribution in [-0.2, 0) is 4.79 Å². The largest absolute Gasteiger partial charge is 0.355 e. The Kier molecular flexibility index (Phi) is 4.78. The van der Waals surface area contributed by atoms with Crippen molar-refractivity contribution >= 4 is 5.91 Å². The molecule has 1 amide bonds. The van der Waals surface area contributed by atoms with Gasteiger partial charge in [0.2, 0.25) is 5.91 Å². The van der Waals surface area contributed by atoms with Gasteiger partial charge in [-0.05, 0) is 43.6 Å². The van der Waals surface area contributed by atoms with Crippen molar-refractivity contribution in [1.82, 2.24) is 5.32 Å². The highest BCUT2D eigenvalue weighted by Gasteiger charge is 2.33. The highest BCUT2D eigenvalue weighted by molar-refractivity contribution is 5.78. The average Bonchev–Trinajstić information content (AvgIpc) is 3.14. The summed E-state index contributed by atoms with van der Waals surface area (Å²) >= 11 is 0. The van der Waals surface area contributed by atoms with Gasteiger partial charge in [-0.25, -0.2) is 0 Å². The summed E-state index contributed by atoms with van der Waals surface area (Å²) in [5.41, 5.74) is 5.91. The molecule has 1 unspecified atom stereocenters. The van der Waals surface area contributed by atoms with Crippen LogP contribution in [0.15, 0.2) is 0 Å². The molecule has 3 N–H and O–H groups in total. The summed E-state index contributed by atoms with van der Waals surface area (Å²) in [6, 6.07) is 0. The summed E-state index contributed by atoms with van der Waals surface area (Å²) in [7, 11) is 0. The molecule has 1 saturated carbocycles. The number of rotatable bonds is 7. The van der Waals surface area contributed by atoms with E-state index in [0.717, 1.165) is 19.4 Å². The number of hydrogen-bond acceptors (Lipinski definition) is 2. The van der Waals surface area contributed by atoms with Crippen LogP contribution in [0, 0.1) is 17.3 Å². The first-order valence-electron chi connectivity index (χ1n) is 6.56. The van der Waals surface area contributed by atoms with Crippen molar-refractivity contribution in [2.75, 3.05) is 13.1 Å². The molecular weight excluding hydrogens is 200 g/mol. The minimum absolute atomic E-state index is 0.0962. The van der Waals surface area contributed by atoms with E-state index >= 15 is 0 Å². The molecule has 94 valence electrons. The zero-order valence-electron chi connectivity index (χ0n) is 10.9. The minimum atomic E-state index is 0.0962. The second-order valence-corrected chi connectivity index (χ2v) is 5.26. The molecule has 0 radical (unpaired) electrons. The second-order valence-electron chi connectivity index (χ2n) is 5.26. The van der Waals surface area contributed by atoms with Crippen LogP contribution in [0.2, 0.25) is 0 Å². The van der Waals surface area contributed by atoms with Crippen LogP contribution >= 0.6 is 0 Å². The Morgan fingerprint density at radius 2 is 2.00 bits per heavy atom. The van der Waals surface area contributed by atoms with Gasteiger partial charge in [-0.3, -0.25) is 4.79 Å². The Morgan fingerprint density at radius 3 is 2.38 bits per heavy atom. The van der Waals surface area contributed by atoms with E-state index in [0.29, 0.717) is 12.5 Å². The van der Waals surface area contributed by atoms with E-state index in [1.165, 1.54) is 12.8 Å². The van der Waals surface area contributed by atoms with E-state index in [4.69, 9.17) is 5.73 Å². The Morgan fingerprint density at radius 1 is 1.44 bits per heavy atom. The molecule has 1 rings (SSSR count). The topological polar surface area (TPSA) is 55.1 Å². The van der Waals surface area contributed by atoms with Crippen LogP contribution in [-0.4, -0.2) is 19.0 Å². The van der Waals surface area contributed by atoms with E-state index in [1.807, 2.05) is 6.92 Å². The molecule has 0 spiro atoms. The average molecular weight is 226 g/mol. The van der Waals surface area contributed by atoms with Crippen molar-refractivity contribution in [3.63, 3.8) is 0 Å². The van der Waals surface area contributed by atoms with Gasteiger partial charge in [-0.1, -0.05) is 20.8 Å². The van der Waals surface area contributed by atoms with Crippen LogP contribution in [0.3, 0.4) is 0 Å². The summed E-state index contributed by atoms with van der Waals surface area (Å²) < 4.78 is 0. The third-order valence-corrected chi connectivity index (χ3v) is 4.31. The highest BCUT2D eigenvalue weighted by Crippen LogP contribution is 2.36. The van der Waals surface area contributed by atoms with Crippen molar-refractivity contribution in [3.8, 4) is 0 Å². The van der Waals surface area contributed by atoms with Crippen LogP contribution in [0.25, 0.3) is 0 Å². The molecule has 0 aromatic carbocycles. The Bertz CT molecular complexity index is 224. The highest BCUT2D eigenvalue weighted by atomic mass is 16.1. The van der Waals surface area contributed by atoms with Crippen LogP contribution in [0.1, 0.15) is 46.5 Å². The van der Waals surface area contributed by atoms with Crippen LogP contribution in [0.4, 0.5) is 0 Å². The van der Waals surface area contributed by atoms with Gasteiger partial charge >= 0.3 is 0 Å². The van der Waals surface area contributed by atoms with Crippen LogP contribution in [0.5, 0.6) is 0 Å². The smallest absolute Gasteiger partial charge is 0.223 e. The number of carbonyl (C=O) groups is 1. The fraction of sp³-hybridized carbons (Fsp3) is 0.923. The molecule has 1 atom stereocenters. The van der Waals surface area contributed by atoms with Crippen LogP contribution < -0.4 is 11.1 Å². The molecule has 1 fully saturated rings. The Labute approximate surface area is 99.2 Å². The molecule has 0 heterocycles. The second kappa shape index (κ2) is 5.67. The molecule has 3 heteroatoms. The third-order valence-electron chi connectivity index (χ3n) is 4.31. The Balaban J connectivity index is 2.38. The maximum absolute atomic E-state index is 11.9. The van der Waals surface area contributed by atoms with E-state index in [1.54, 1.807) is 0 Å². The zero-order valence-corrected chi connectivity index (χ0v) is 10.9. The van der Waals surface area contributed by atoms with E-state index < -0.39 is 0 Å². The molecule has 0 saturated heterocycles. The zero-order chi connectivity index (χ0) is 12.2. The van der Waals surface area contributed by atoms with Gasteiger partial charge < -0.3 is 11.1 Å². The molecule has 0 bridgehead atoms. The number of nitrogens with two attached hydrogens (primary N) is 1. The van der Waals surface area contributed by atoms with Gasteiger partial charge in [0.25, 0.3) is 0 Å². The normalized spacial score (nSPS) is 18.2. The fourth-order valence-electron chi connectivity index (χ4n) is 2.11. The summed E-state index contributed by atoms with van der Waals surface area (Å²) in [6.45, 7) is 7.71. The quantitative estimate of drug-likeness (QED) is 0.697. The third kappa shape index (κ3) is 3.21. The molecule has 0 aromatic heterocycles. The van der Waals surface area contributed by atoms with Gasteiger partial charge in [0.1, 0.15) is 0 Å². The maximum Gasteiger partial charge on any atom is 0.223 e. The summed E-state index contributed by atoms with van der Waals surface area (Å²) in [5, 5.41) is 3.08. The van der Waals surface area contributed by atoms with Crippen molar-refractivity contribution in [1.29, 1.82) is 0 Å². The lowest BCUT2D eigenvalue weighted by atomic mass is 9.82. The van der Waals surface area contributed by atoms with Gasteiger partial charge in [-0.2, -0.15) is 0 Å². The first-order chi connectivity index (χ1) is 7.58. The lowest BCUT2D eigenvalue weighted by Crippen LogP contribution is -2.43. The number of carbonyl (C=O) groups excluding carboxylic acids is 1. The summed E-state index contributed by atoms with van der Waals surface area (Å²) in [4.78, 5) is 11.9. The summed E-state index contributed by atoms with van der Waals surface area (Å²) in [5.74, 6) is 1.03. The summed E-state index contributed by atoms with van der Waals surface area (Å²) in [6.07, 6.45) is 4.49. The number of amides is 1. The van der Waals surface area contributed by atoms with Crippen molar-refractivity contribution in [2.45, 2.75) is 46.5 Å². The Hall–Kier alpha value is -0.570. The minimum Gasteiger partial charge on any atom is -0.355 e. The van der Waals surface area contributed by atoms with Crippen molar-refractivity contribution < 1.29 is 4.79 Å². The fourth-order valence-corrected chi connectivity index (χ4v) is 2.11. The van der Waals surface area contributed by atoms with Gasteiger partial charge in [0, 0.05) is 12.5 Å². The molecular formula is C13H26N2O. The lowest BCUT2D eigenvalue weighted by molar-refractivity contribution is -0.125. The predicted octanol–water partition coefficient (Wildman–Crippen LogP) is 1.91. The molecule has 3 nitrogen and oxygen atoms in total. The standard InChI is InChI=1S/C13H26N2O/c1-4-13(5-2,8-14)9-15-12(16)10(3)11-6-7-11/h10-11H,4-9,14H2,1-3H3,(H,15,16). The van der Waals surface area contributed by atoms with Gasteiger partial charge in [-0.15, -0.1) is 0 Å².